The van der Waals surface area contributed by atoms with Gasteiger partial charge < -0.3 is 20.1 Å². The highest BCUT2D eigenvalue weighted by atomic mass is 32.2. The maximum absolute atomic E-state index is 13.4. The molecule has 2 N–H and O–H groups in total. The molecule has 3 rings (SSSR count). The van der Waals surface area contributed by atoms with Crippen LogP contribution in [-0.2, 0) is 30.3 Å². The molecule has 8 nitrogen and oxygen atoms in total. The van der Waals surface area contributed by atoms with Crippen molar-refractivity contribution in [2.45, 2.75) is 63.9 Å². The molecule has 0 unspecified atom stereocenters. The average Bonchev–Trinajstić information content (AvgIpc) is 2.98. The first-order valence-corrected chi connectivity index (χ1v) is 15.5. The van der Waals surface area contributed by atoms with Crippen molar-refractivity contribution in [2.24, 2.45) is 11.8 Å². The van der Waals surface area contributed by atoms with E-state index in [1.54, 1.807) is 25.3 Å². The zero-order valence-electron chi connectivity index (χ0n) is 25.3. The zero-order chi connectivity index (χ0) is 31.2. The van der Waals surface area contributed by atoms with Crippen molar-refractivity contribution in [2.75, 3.05) is 13.7 Å². The summed E-state index contributed by atoms with van der Waals surface area (Å²) in [6.07, 6.45) is 7.48. The minimum absolute atomic E-state index is 0.0427. The van der Waals surface area contributed by atoms with E-state index < -0.39 is 35.2 Å². The molecule has 0 radical (unpaired) electrons. The Labute approximate surface area is 258 Å². The standard InChI is InChI=1S/C34H42N2O6S/c1-23(2)21-30-34(40)42-29(24(3)13-14-25-9-6-5-7-10-25)11-8-12-31(37)36-28(33(39)35-20-19-32(38)43-30)22-26-15-17-27(41-4)18-16-26/h5-10,12-18,23-24,28-30H,11,19-22H2,1-4H3,(H,35,39)(H,36,37)/b12-8+,14-13+/t24-,28-,29+,30+/m1/s1. The molecular formula is C34H42N2O6S. The quantitative estimate of drug-likeness (QED) is 0.401. The molecule has 230 valence electrons. The minimum atomic E-state index is -0.851. The SMILES string of the molecule is COc1ccc(C[C@H]2NC(=O)/C=C/C[C@@H]([C@H](C)/C=C/c3ccccc3)OC(=O)[C@H](CC(C)C)SC(=O)CCNC2=O)cc1. The number of nitrogens with one attached hydrogen (secondary N) is 2. The van der Waals surface area contributed by atoms with Gasteiger partial charge in [0.1, 0.15) is 23.1 Å². The van der Waals surface area contributed by atoms with E-state index in [0.717, 1.165) is 22.9 Å². The summed E-state index contributed by atoms with van der Waals surface area (Å²) in [5.74, 6) is -0.608. The van der Waals surface area contributed by atoms with E-state index >= 15 is 0 Å². The molecule has 1 aliphatic rings. The van der Waals surface area contributed by atoms with Crippen molar-refractivity contribution in [1.82, 2.24) is 10.6 Å². The Hall–Kier alpha value is -3.85. The van der Waals surface area contributed by atoms with Crippen LogP contribution in [0.25, 0.3) is 6.08 Å². The number of hydrogen-bond acceptors (Lipinski definition) is 7. The number of hydrogen-bond donors (Lipinski definition) is 2. The molecule has 4 atom stereocenters. The second kappa shape index (κ2) is 17.3. The first kappa shape index (κ1) is 33.6. The Bertz CT molecular complexity index is 1280. The average molecular weight is 607 g/mol. The summed E-state index contributed by atoms with van der Waals surface area (Å²) in [6, 6.07) is 16.2. The number of benzene rings is 2. The Morgan fingerprint density at radius 1 is 1.02 bits per heavy atom. The lowest BCUT2D eigenvalue weighted by Gasteiger charge is -2.25. The molecule has 1 aliphatic heterocycles. The van der Waals surface area contributed by atoms with Crippen LogP contribution in [0.3, 0.4) is 0 Å². The van der Waals surface area contributed by atoms with Crippen molar-refractivity contribution in [3.8, 4) is 5.75 Å². The molecule has 1 heterocycles. The fourth-order valence-corrected chi connectivity index (χ4v) is 5.70. The maximum atomic E-state index is 13.4. The highest BCUT2D eigenvalue weighted by molar-refractivity contribution is 8.14. The number of cyclic esters (lactones) is 1. The van der Waals surface area contributed by atoms with Gasteiger partial charge in [-0.2, -0.15) is 0 Å². The summed E-state index contributed by atoms with van der Waals surface area (Å²) in [5.41, 5.74) is 1.86. The van der Waals surface area contributed by atoms with Crippen molar-refractivity contribution in [3.05, 3.63) is 84.0 Å². The predicted molar refractivity (Wildman–Crippen MR) is 170 cm³/mol. The van der Waals surface area contributed by atoms with E-state index in [2.05, 4.69) is 10.6 Å². The number of rotatable bonds is 8. The van der Waals surface area contributed by atoms with Crippen LogP contribution in [-0.4, -0.2) is 53.9 Å². The minimum Gasteiger partial charge on any atom is -0.497 e. The van der Waals surface area contributed by atoms with Crippen LogP contribution >= 0.6 is 11.8 Å². The number of carbonyl (C=O) groups excluding carboxylic acids is 4. The molecule has 0 fully saturated rings. The van der Waals surface area contributed by atoms with E-state index in [1.807, 2.05) is 75.4 Å². The molecule has 0 saturated heterocycles. The molecule has 0 spiro atoms. The monoisotopic (exact) mass is 606 g/mol. The van der Waals surface area contributed by atoms with E-state index in [4.69, 9.17) is 9.47 Å². The molecule has 2 aromatic rings. The van der Waals surface area contributed by atoms with Gasteiger partial charge in [-0.05, 0) is 41.7 Å². The van der Waals surface area contributed by atoms with Gasteiger partial charge in [-0.3, -0.25) is 19.2 Å². The third kappa shape index (κ3) is 11.7. The number of ether oxygens (including phenoxy) is 2. The van der Waals surface area contributed by atoms with Crippen molar-refractivity contribution >= 4 is 40.7 Å². The largest absolute Gasteiger partial charge is 0.497 e. The third-order valence-electron chi connectivity index (χ3n) is 6.97. The summed E-state index contributed by atoms with van der Waals surface area (Å²) in [4.78, 5) is 52.3. The van der Waals surface area contributed by atoms with Crippen LogP contribution in [0.2, 0.25) is 0 Å². The van der Waals surface area contributed by atoms with Crippen LogP contribution < -0.4 is 15.4 Å². The Morgan fingerprint density at radius 3 is 2.42 bits per heavy atom. The lowest BCUT2D eigenvalue weighted by Crippen LogP contribution is -2.48. The highest BCUT2D eigenvalue weighted by Crippen LogP contribution is 2.26. The number of amides is 2. The first-order chi connectivity index (χ1) is 20.6. The smallest absolute Gasteiger partial charge is 0.319 e. The van der Waals surface area contributed by atoms with Crippen molar-refractivity contribution in [3.63, 3.8) is 0 Å². The van der Waals surface area contributed by atoms with Gasteiger partial charge >= 0.3 is 5.97 Å². The summed E-state index contributed by atoms with van der Waals surface area (Å²) in [5, 5.41) is 4.67. The molecule has 0 bridgehead atoms. The fraction of sp³-hybridized carbons (Fsp3) is 0.412. The van der Waals surface area contributed by atoms with Crippen LogP contribution in [0.4, 0.5) is 0 Å². The van der Waals surface area contributed by atoms with Gasteiger partial charge in [0.2, 0.25) is 11.8 Å². The van der Waals surface area contributed by atoms with E-state index in [0.29, 0.717) is 12.2 Å². The summed E-state index contributed by atoms with van der Waals surface area (Å²) < 4.78 is 11.2. The second-order valence-corrected chi connectivity index (χ2v) is 12.3. The van der Waals surface area contributed by atoms with Crippen LogP contribution in [0.1, 0.15) is 51.2 Å². The fourth-order valence-electron chi connectivity index (χ4n) is 4.53. The van der Waals surface area contributed by atoms with E-state index in [-0.39, 0.29) is 42.8 Å². The molecule has 0 saturated carbocycles. The number of methoxy groups -OCH3 is 1. The molecule has 2 amide bonds. The lowest BCUT2D eigenvalue weighted by atomic mass is 9.99. The predicted octanol–water partition coefficient (Wildman–Crippen LogP) is 5.12. The first-order valence-electron chi connectivity index (χ1n) is 14.7. The summed E-state index contributed by atoms with van der Waals surface area (Å²) in [7, 11) is 1.58. The van der Waals surface area contributed by atoms with Gasteiger partial charge in [0.25, 0.3) is 0 Å². The Kier molecular flexibility index (Phi) is 13.5. The van der Waals surface area contributed by atoms with Gasteiger partial charge in [0, 0.05) is 31.7 Å². The Morgan fingerprint density at radius 2 is 1.74 bits per heavy atom. The van der Waals surface area contributed by atoms with Gasteiger partial charge in [-0.1, -0.05) is 93.2 Å². The van der Waals surface area contributed by atoms with E-state index in [9.17, 15) is 19.2 Å². The molecule has 43 heavy (non-hydrogen) atoms. The molecule has 0 aromatic heterocycles. The van der Waals surface area contributed by atoms with Gasteiger partial charge in [0.05, 0.1) is 7.11 Å². The van der Waals surface area contributed by atoms with Crippen LogP contribution in [0, 0.1) is 11.8 Å². The Balaban J connectivity index is 1.84. The summed E-state index contributed by atoms with van der Waals surface area (Å²) >= 11 is 0.967. The normalized spacial score (nSPS) is 22.5. The number of carbonyl (C=O) groups is 4. The third-order valence-corrected chi connectivity index (χ3v) is 8.10. The van der Waals surface area contributed by atoms with Gasteiger partial charge in [-0.15, -0.1) is 0 Å². The topological polar surface area (TPSA) is 111 Å². The van der Waals surface area contributed by atoms with Crippen molar-refractivity contribution < 1.29 is 28.7 Å². The number of thioether (sulfide) groups is 1. The van der Waals surface area contributed by atoms with Gasteiger partial charge in [0.15, 0.2) is 5.12 Å². The molecule has 2 aromatic carbocycles. The molecule has 0 aliphatic carbocycles. The van der Waals surface area contributed by atoms with E-state index in [1.165, 1.54) is 6.08 Å². The summed E-state index contributed by atoms with van der Waals surface area (Å²) in [6.45, 7) is 6.02. The molecule has 9 heteroatoms. The highest BCUT2D eigenvalue weighted by Gasteiger charge is 2.29. The maximum Gasteiger partial charge on any atom is 0.319 e. The van der Waals surface area contributed by atoms with Crippen molar-refractivity contribution in [1.29, 1.82) is 0 Å². The zero-order valence-corrected chi connectivity index (χ0v) is 26.1. The van der Waals surface area contributed by atoms with Gasteiger partial charge in [-0.25, -0.2) is 0 Å². The van der Waals surface area contributed by atoms with Crippen LogP contribution in [0.15, 0.2) is 72.8 Å². The second-order valence-electron chi connectivity index (χ2n) is 11.0. The van der Waals surface area contributed by atoms with Crippen LogP contribution in [0.5, 0.6) is 5.75 Å². The molecular weight excluding hydrogens is 564 g/mol. The number of esters is 1. The lowest BCUT2D eigenvalue weighted by molar-refractivity contribution is -0.150.